The number of rotatable bonds is 3. The van der Waals surface area contributed by atoms with Crippen molar-refractivity contribution in [2.75, 3.05) is 5.32 Å². The van der Waals surface area contributed by atoms with Gasteiger partial charge in [-0.3, -0.25) is 14.3 Å². The summed E-state index contributed by atoms with van der Waals surface area (Å²) >= 11 is 0. The summed E-state index contributed by atoms with van der Waals surface area (Å²) in [4.78, 5) is 23.9. The number of aromatic nitrogens is 2. The summed E-state index contributed by atoms with van der Waals surface area (Å²) in [5.74, 6) is -0.880. The Morgan fingerprint density at radius 3 is 2.83 bits per heavy atom. The standard InChI is InChI=1S/C17H14FN3O2/c1-11-5-4-7-13(17(11)18)20-16(23)10-21-14-8-3-2-6-12(14)15(22)9-19-21/h2-9H,10H2,1H3,(H,20,23). The number of para-hydroxylation sites is 1. The molecular formula is C17H14FN3O2. The van der Waals surface area contributed by atoms with Gasteiger partial charge in [-0.2, -0.15) is 5.10 Å². The number of hydrogen-bond acceptors (Lipinski definition) is 3. The summed E-state index contributed by atoms with van der Waals surface area (Å²) in [6.45, 7) is 1.51. The fraction of sp³-hybridized carbons (Fsp3) is 0.118. The van der Waals surface area contributed by atoms with Gasteiger partial charge in [-0.15, -0.1) is 0 Å². The molecular weight excluding hydrogens is 297 g/mol. The fourth-order valence-electron chi connectivity index (χ4n) is 2.36. The van der Waals surface area contributed by atoms with E-state index in [1.54, 1.807) is 43.3 Å². The van der Waals surface area contributed by atoms with Crippen LogP contribution in [0, 0.1) is 12.7 Å². The predicted molar refractivity (Wildman–Crippen MR) is 85.8 cm³/mol. The van der Waals surface area contributed by atoms with Crippen LogP contribution in [-0.2, 0) is 11.3 Å². The van der Waals surface area contributed by atoms with Crippen molar-refractivity contribution in [3.05, 3.63) is 70.3 Å². The van der Waals surface area contributed by atoms with Crippen LogP contribution in [0.3, 0.4) is 0 Å². The Morgan fingerprint density at radius 1 is 1.22 bits per heavy atom. The molecule has 23 heavy (non-hydrogen) atoms. The molecule has 0 spiro atoms. The zero-order valence-corrected chi connectivity index (χ0v) is 12.4. The van der Waals surface area contributed by atoms with Gasteiger partial charge in [0.2, 0.25) is 11.3 Å². The highest BCUT2D eigenvalue weighted by atomic mass is 19.1. The molecule has 0 atom stereocenters. The van der Waals surface area contributed by atoms with Crippen LogP contribution in [0.4, 0.5) is 10.1 Å². The van der Waals surface area contributed by atoms with Crippen LogP contribution >= 0.6 is 0 Å². The van der Waals surface area contributed by atoms with Gasteiger partial charge in [-0.25, -0.2) is 4.39 Å². The Bertz CT molecular complexity index is 950. The Hall–Kier alpha value is -3.02. The number of hydrogen-bond donors (Lipinski definition) is 1. The van der Waals surface area contributed by atoms with Crippen molar-refractivity contribution >= 4 is 22.5 Å². The smallest absolute Gasteiger partial charge is 0.246 e. The minimum absolute atomic E-state index is 0.117. The zero-order chi connectivity index (χ0) is 16.4. The molecule has 5 nitrogen and oxygen atoms in total. The third-order valence-electron chi connectivity index (χ3n) is 3.52. The lowest BCUT2D eigenvalue weighted by molar-refractivity contribution is -0.116. The van der Waals surface area contributed by atoms with Crippen LogP contribution in [0.15, 0.2) is 53.5 Å². The molecule has 1 heterocycles. The molecule has 0 radical (unpaired) electrons. The van der Waals surface area contributed by atoms with Crippen LogP contribution in [0.5, 0.6) is 0 Å². The summed E-state index contributed by atoms with van der Waals surface area (Å²) in [6.07, 6.45) is 1.17. The van der Waals surface area contributed by atoms with Gasteiger partial charge in [0.05, 0.1) is 17.4 Å². The highest BCUT2D eigenvalue weighted by Gasteiger charge is 2.11. The van der Waals surface area contributed by atoms with Crippen molar-refractivity contribution in [2.24, 2.45) is 0 Å². The third-order valence-corrected chi connectivity index (χ3v) is 3.52. The minimum atomic E-state index is -0.460. The number of nitrogens with one attached hydrogen (secondary N) is 1. The Morgan fingerprint density at radius 2 is 2.00 bits per heavy atom. The van der Waals surface area contributed by atoms with E-state index < -0.39 is 11.7 Å². The Labute approximate surface area is 131 Å². The highest BCUT2D eigenvalue weighted by Crippen LogP contribution is 2.17. The SMILES string of the molecule is Cc1cccc(NC(=O)Cn2ncc(=O)c3ccccc32)c1F. The van der Waals surface area contributed by atoms with Crippen molar-refractivity contribution in [3.8, 4) is 0 Å². The molecule has 6 heteroatoms. The molecule has 0 aliphatic rings. The molecule has 1 amide bonds. The number of anilines is 1. The van der Waals surface area contributed by atoms with Crippen LogP contribution in [0.1, 0.15) is 5.56 Å². The maximum absolute atomic E-state index is 13.9. The van der Waals surface area contributed by atoms with E-state index in [-0.39, 0.29) is 17.7 Å². The van der Waals surface area contributed by atoms with Gasteiger partial charge in [-0.05, 0) is 30.7 Å². The highest BCUT2D eigenvalue weighted by molar-refractivity contribution is 5.91. The first-order chi connectivity index (χ1) is 11.1. The van der Waals surface area contributed by atoms with E-state index in [1.165, 1.54) is 16.9 Å². The first-order valence-corrected chi connectivity index (χ1v) is 7.06. The molecule has 1 N–H and O–H groups in total. The van der Waals surface area contributed by atoms with Gasteiger partial charge in [0.25, 0.3) is 0 Å². The fourth-order valence-corrected chi connectivity index (χ4v) is 2.36. The molecule has 0 fully saturated rings. The average Bonchev–Trinajstić information content (AvgIpc) is 2.55. The lowest BCUT2D eigenvalue weighted by Gasteiger charge is -2.11. The van der Waals surface area contributed by atoms with Crippen molar-refractivity contribution in [1.29, 1.82) is 0 Å². The van der Waals surface area contributed by atoms with E-state index in [1.807, 2.05) is 0 Å². The number of carbonyl (C=O) groups is 1. The van der Waals surface area contributed by atoms with E-state index in [0.29, 0.717) is 16.5 Å². The van der Waals surface area contributed by atoms with Gasteiger partial charge >= 0.3 is 0 Å². The molecule has 0 saturated carbocycles. The number of fused-ring (bicyclic) bond motifs is 1. The number of nitrogens with zero attached hydrogens (tertiary/aromatic N) is 2. The molecule has 116 valence electrons. The number of aryl methyl sites for hydroxylation is 1. The maximum atomic E-state index is 13.9. The van der Waals surface area contributed by atoms with Crippen molar-refractivity contribution < 1.29 is 9.18 Å². The van der Waals surface area contributed by atoms with Crippen LogP contribution in [0.25, 0.3) is 10.9 Å². The molecule has 0 bridgehead atoms. The molecule has 0 aliphatic carbocycles. The Balaban J connectivity index is 1.88. The predicted octanol–water partition coefficient (Wildman–Crippen LogP) is 2.48. The van der Waals surface area contributed by atoms with Gasteiger partial charge in [0.15, 0.2) is 0 Å². The Kier molecular flexibility index (Phi) is 3.89. The number of amides is 1. The summed E-state index contributed by atoms with van der Waals surface area (Å²) < 4.78 is 15.3. The second-order valence-corrected chi connectivity index (χ2v) is 5.17. The van der Waals surface area contributed by atoms with E-state index in [2.05, 4.69) is 10.4 Å². The molecule has 3 rings (SSSR count). The van der Waals surface area contributed by atoms with E-state index in [4.69, 9.17) is 0 Å². The van der Waals surface area contributed by atoms with E-state index in [0.717, 1.165) is 0 Å². The second-order valence-electron chi connectivity index (χ2n) is 5.17. The van der Waals surface area contributed by atoms with Gasteiger partial charge in [-0.1, -0.05) is 24.3 Å². The molecule has 0 aliphatic heterocycles. The molecule has 1 aromatic heterocycles. The van der Waals surface area contributed by atoms with Gasteiger partial charge in [0.1, 0.15) is 12.4 Å². The second kappa shape index (κ2) is 6.00. The topological polar surface area (TPSA) is 64.0 Å². The summed E-state index contributed by atoms with van der Waals surface area (Å²) in [6, 6.07) is 11.7. The number of carbonyl (C=O) groups excluding carboxylic acids is 1. The van der Waals surface area contributed by atoms with Crippen molar-refractivity contribution in [1.82, 2.24) is 9.78 Å². The van der Waals surface area contributed by atoms with Crippen LogP contribution in [-0.4, -0.2) is 15.7 Å². The van der Waals surface area contributed by atoms with E-state index >= 15 is 0 Å². The monoisotopic (exact) mass is 311 g/mol. The summed E-state index contributed by atoms with van der Waals surface area (Å²) in [5, 5.41) is 6.99. The molecule has 0 saturated heterocycles. The zero-order valence-electron chi connectivity index (χ0n) is 12.4. The van der Waals surface area contributed by atoms with Gasteiger partial charge in [0, 0.05) is 5.39 Å². The molecule has 2 aromatic carbocycles. The maximum Gasteiger partial charge on any atom is 0.246 e. The van der Waals surface area contributed by atoms with Crippen LogP contribution in [0.2, 0.25) is 0 Å². The first kappa shape index (κ1) is 14.9. The molecule has 0 unspecified atom stereocenters. The number of halogens is 1. The number of benzene rings is 2. The normalized spacial score (nSPS) is 10.7. The average molecular weight is 311 g/mol. The lowest BCUT2D eigenvalue weighted by atomic mass is 10.2. The molecule has 3 aromatic rings. The minimum Gasteiger partial charge on any atom is -0.322 e. The quantitative estimate of drug-likeness (QED) is 0.808. The van der Waals surface area contributed by atoms with Crippen molar-refractivity contribution in [2.45, 2.75) is 13.5 Å². The lowest BCUT2D eigenvalue weighted by Crippen LogP contribution is -2.23. The van der Waals surface area contributed by atoms with Gasteiger partial charge < -0.3 is 5.32 Å². The summed E-state index contributed by atoms with van der Waals surface area (Å²) in [7, 11) is 0. The van der Waals surface area contributed by atoms with Crippen LogP contribution < -0.4 is 10.7 Å². The van der Waals surface area contributed by atoms with Crippen molar-refractivity contribution in [3.63, 3.8) is 0 Å². The third kappa shape index (κ3) is 2.96. The first-order valence-electron chi connectivity index (χ1n) is 7.06. The largest absolute Gasteiger partial charge is 0.322 e. The van der Waals surface area contributed by atoms with E-state index in [9.17, 15) is 14.0 Å². The summed E-state index contributed by atoms with van der Waals surface area (Å²) in [5.41, 5.74) is 0.928.